The van der Waals surface area contributed by atoms with Crippen LogP contribution in [0.5, 0.6) is 5.75 Å². The van der Waals surface area contributed by atoms with Crippen molar-refractivity contribution in [1.82, 2.24) is 10.2 Å². The van der Waals surface area contributed by atoms with Crippen LogP contribution in [-0.4, -0.2) is 23.5 Å². The van der Waals surface area contributed by atoms with E-state index in [1.807, 2.05) is 60.7 Å². The number of H-pyrrole nitrogens is 1. The van der Waals surface area contributed by atoms with Crippen LogP contribution in [0.3, 0.4) is 0 Å². The smallest absolute Gasteiger partial charge is 0.174 e. The third-order valence-corrected chi connectivity index (χ3v) is 3.11. The van der Waals surface area contributed by atoms with Crippen LogP contribution in [-0.2, 0) is 0 Å². The number of aromatic nitrogens is 2. The van der Waals surface area contributed by atoms with Crippen molar-refractivity contribution >= 4 is 12.0 Å². The van der Waals surface area contributed by atoms with Gasteiger partial charge >= 0.3 is 0 Å². The normalized spacial score (nSPS) is 10.9. The zero-order chi connectivity index (χ0) is 14.5. The monoisotopic (exact) mass is 277 g/mol. The molecule has 0 radical (unpaired) electrons. The summed E-state index contributed by atoms with van der Waals surface area (Å²) in [7, 11) is 1.65. The molecule has 1 aromatic heterocycles. The van der Waals surface area contributed by atoms with E-state index in [4.69, 9.17) is 4.74 Å². The standard InChI is InChI=1S/C17H15N3O/c1-21-15-9-7-13(8-10-15)12-18-17-11-16(19-20-17)14-5-3-2-4-6-14/h2-12H,1H3,(H,19,20). The molecular weight excluding hydrogens is 262 g/mol. The largest absolute Gasteiger partial charge is 0.497 e. The number of aliphatic imine (C=N–C) groups is 1. The van der Waals surface area contributed by atoms with E-state index in [2.05, 4.69) is 15.2 Å². The maximum atomic E-state index is 5.12. The minimum atomic E-state index is 0.657. The number of ether oxygens (including phenoxy) is 1. The van der Waals surface area contributed by atoms with E-state index < -0.39 is 0 Å². The Kier molecular flexibility index (Phi) is 3.78. The molecule has 0 atom stereocenters. The van der Waals surface area contributed by atoms with E-state index in [0.717, 1.165) is 22.6 Å². The Morgan fingerprint density at radius 2 is 1.81 bits per heavy atom. The summed E-state index contributed by atoms with van der Waals surface area (Å²) in [5.41, 5.74) is 3.05. The van der Waals surface area contributed by atoms with Gasteiger partial charge < -0.3 is 4.74 Å². The number of aromatic amines is 1. The van der Waals surface area contributed by atoms with Gasteiger partial charge in [0.05, 0.1) is 12.8 Å². The van der Waals surface area contributed by atoms with Crippen LogP contribution < -0.4 is 4.74 Å². The minimum absolute atomic E-state index is 0.657. The second-order valence-corrected chi connectivity index (χ2v) is 4.54. The summed E-state index contributed by atoms with van der Waals surface area (Å²) in [5, 5.41) is 7.19. The van der Waals surface area contributed by atoms with Gasteiger partial charge in [0.15, 0.2) is 5.82 Å². The van der Waals surface area contributed by atoms with Gasteiger partial charge in [-0.1, -0.05) is 30.3 Å². The molecule has 3 aromatic rings. The summed E-state index contributed by atoms with van der Waals surface area (Å²) in [4.78, 5) is 4.37. The molecule has 0 fully saturated rings. The van der Waals surface area contributed by atoms with Crippen LogP contribution in [0.4, 0.5) is 5.82 Å². The fourth-order valence-electron chi connectivity index (χ4n) is 1.97. The molecule has 0 saturated carbocycles. The van der Waals surface area contributed by atoms with Gasteiger partial charge in [-0.25, -0.2) is 4.99 Å². The van der Waals surface area contributed by atoms with E-state index in [-0.39, 0.29) is 0 Å². The fraction of sp³-hybridized carbons (Fsp3) is 0.0588. The first-order valence-corrected chi connectivity index (χ1v) is 6.64. The van der Waals surface area contributed by atoms with Crippen LogP contribution in [0.2, 0.25) is 0 Å². The van der Waals surface area contributed by atoms with Crippen molar-refractivity contribution in [2.24, 2.45) is 4.99 Å². The topological polar surface area (TPSA) is 50.3 Å². The predicted molar refractivity (Wildman–Crippen MR) is 84.3 cm³/mol. The molecule has 1 N–H and O–H groups in total. The molecule has 0 saturated heterocycles. The zero-order valence-electron chi connectivity index (χ0n) is 11.7. The molecule has 4 nitrogen and oxygen atoms in total. The van der Waals surface area contributed by atoms with E-state index in [9.17, 15) is 0 Å². The number of methoxy groups -OCH3 is 1. The maximum absolute atomic E-state index is 5.12. The van der Waals surface area contributed by atoms with Gasteiger partial charge in [0.1, 0.15) is 5.75 Å². The first-order chi connectivity index (χ1) is 10.3. The molecule has 0 amide bonds. The first kappa shape index (κ1) is 13.1. The third-order valence-electron chi connectivity index (χ3n) is 3.11. The molecule has 21 heavy (non-hydrogen) atoms. The van der Waals surface area contributed by atoms with Crippen LogP contribution in [0.15, 0.2) is 65.7 Å². The van der Waals surface area contributed by atoms with Crippen molar-refractivity contribution in [2.45, 2.75) is 0 Å². The van der Waals surface area contributed by atoms with Gasteiger partial charge in [0.2, 0.25) is 0 Å². The Hall–Kier alpha value is -2.88. The van der Waals surface area contributed by atoms with Gasteiger partial charge in [-0.15, -0.1) is 0 Å². The Bertz CT molecular complexity index is 730. The number of benzene rings is 2. The van der Waals surface area contributed by atoms with Gasteiger partial charge in [-0.3, -0.25) is 5.10 Å². The maximum Gasteiger partial charge on any atom is 0.174 e. The Labute approximate surface area is 123 Å². The van der Waals surface area contributed by atoms with Crippen LogP contribution >= 0.6 is 0 Å². The van der Waals surface area contributed by atoms with Gasteiger partial charge in [-0.2, -0.15) is 5.10 Å². The summed E-state index contributed by atoms with van der Waals surface area (Å²) < 4.78 is 5.12. The Morgan fingerprint density at radius 1 is 1.05 bits per heavy atom. The summed E-state index contributed by atoms with van der Waals surface area (Å²) in [6.07, 6.45) is 1.78. The lowest BCUT2D eigenvalue weighted by atomic mass is 10.2. The molecule has 0 aliphatic rings. The fourth-order valence-corrected chi connectivity index (χ4v) is 1.97. The summed E-state index contributed by atoms with van der Waals surface area (Å²) in [6, 6.07) is 19.7. The van der Waals surface area contributed by atoms with Gasteiger partial charge in [-0.05, 0) is 35.4 Å². The Balaban J connectivity index is 1.76. The highest BCUT2D eigenvalue weighted by Gasteiger charge is 2.01. The van der Waals surface area contributed by atoms with Crippen LogP contribution in [0.1, 0.15) is 5.56 Å². The van der Waals surface area contributed by atoms with Crippen molar-refractivity contribution in [3.8, 4) is 17.0 Å². The molecule has 4 heteroatoms. The van der Waals surface area contributed by atoms with E-state index in [1.165, 1.54) is 0 Å². The molecule has 0 spiro atoms. The highest BCUT2D eigenvalue weighted by atomic mass is 16.5. The molecule has 1 heterocycles. The molecule has 104 valence electrons. The molecule has 3 rings (SSSR count). The average Bonchev–Trinajstić information content (AvgIpc) is 3.03. The highest BCUT2D eigenvalue weighted by Crippen LogP contribution is 2.20. The van der Waals surface area contributed by atoms with Crippen molar-refractivity contribution in [1.29, 1.82) is 0 Å². The number of nitrogens with zero attached hydrogens (tertiary/aromatic N) is 2. The van der Waals surface area contributed by atoms with Crippen molar-refractivity contribution in [3.05, 3.63) is 66.2 Å². The summed E-state index contributed by atoms with van der Waals surface area (Å²) >= 11 is 0. The van der Waals surface area contributed by atoms with Gasteiger partial charge in [0.25, 0.3) is 0 Å². The van der Waals surface area contributed by atoms with Crippen molar-refractivity contribution < 1.29 is 4.74 Å². The second kappa shape index (κ2) is 6.05. The Morgan fingerprint density at radius 3 is 2.52 bits per heavy atom. The van der Waals surface area contributed by atoms with Crippen molar-refractivity contribution in [2.75, 3.05) is 7.11 Å². The molecule has 2 aromatic carbocycles. The molecule has 0 aliphatic carbocycles. The quantitative estimate of drug-likeness (QED) is 0.737. The highest BCUT2D eigenvalue weighted by molar-refractivity contribution is 5.82. The van der Waals surface area contributed by atoms with E-state index in [1.54, 1.807) is 13.3 Å². The van der Waals surface area contributed by atoms with Crippen LogP contribution in [0.25, 0.3) is 11.3 Å². The number of hydrogen-bond acceptors (Lipinski definition) is 3. The van der Waals surface area contributed by atoms with Gasteiger partial charge in [0, 0.05) is 12.3 Å². The number of hydrogen-bond donors (Lipinski definition) is 1. The summed E-state index contributed by atoms with van der Waals surface area (Å²) in [6.45, 7) is 0. The van der Waals surface area contributed by atoms with E-state index >= 15 is 0 Å². The average molecular weight is 277 g/mol. The van der Waals surface area contributed by atoms with E-state index in [0.29, 0.717) is 5.82 Å². The van der Waals surface area contributed by atoms with Crippen molar-refractivity contribution in [3.63, 3.8) is 0 Å². The lowest BCUT2D eigenvalue weighted by Gasteiger charge is -1.98. The lowest BCUT2D eigenvalue weighted by molar-refractivity contribution is 0.415. The molecule has 0 unspecified atom stereocenters. The second-order valence-electron chi connectivity index (χ2n) is 4.54. The SMILES string of the molecule is COc1ccc(C=Nc2cc(-c3ccccc3)[nH]n2)cc1. The predicted octanol–water partition coefficient (Wildman–Crippen LogP) is 3.84. The summed E-state index contributed by atoms with van der Waals surface area (Å²) in [5.74, 6) is 1.49. The molecule has 0 aliphatic heterocycles. The zero-order valence-corrected chi connectivity index (χ0v) is 11.7. The third kappa shape index (κ3) is 3.17. The first-order valence-electron chi connectivity index (χ1n) is 6.64. The number of rotatable bonds is 4. The van der Waals surface area contributed by atoms with Crippen LogP contribution in [0, 0.1) is 0 Å². The molecular formula is C17H15N3O. The lowest BCUT2D eigenvalue weighted by Crippen LogP contribution is -1.84. The number of nitrogens with one attached hydrogen (secondary N) is 1. The molecule has 0 bridgehead atoms. The minimum Gasteiger partial charge on any atom is -0.497 e.